The maximum atomic E-state index is 9.26. The van der Waals surface area contributed by atoms with Crippen LogP contribution >= 0.6 is 0 Å². The number of fused-ring (bicyclic) bond motifs is 3. The second-order valence-corrected chi connectivity index (χ2v) is 3.14. The molecular weight excluding hydrogens is 196 g/mol. The number of nitrogens with one attached hydrogen (secondary N) is 1. The number of aromatic amines is 1. The van der Waals surface area contributed by atoms with Gasteiger partial charge in [-0.25, -0.2) is 9.97 Å². The van der Waals surface area contributed by atoms with Crippen molar-refractivity contribution in [3.05, 3.63) is 18.3 Å². The molecule has 3 aromatic rings. The second kappa shape index (κ2) is 2.57. The third kappa shape index (κ3) is 1.01. The van der Waals surface area contributed by atoms with Gasteiger partial charge in [0.25, 0.3) is 11.8 Å². The van der Waals surface area contributed by atoms with Crippen molar-refractivity contribution in [1.82, 2.24) is 20.2 Å². The Hall–Kier alpha value is -2.37. The molecule has 1 aromatic carbocycles. The van der Waals surface area contributed by atoms with Crippen LogP contribution in [-0.4, -0.2) is 30.4 Å². The molecule has 0 saturated carbocycles. The van der Waals surface area contributed by atoms with Gasteiger partial charge in [-0.2, -0.15) is 5.10 Å². The molecule has 74 valence electrons. The first-order valence-corrected chi connectivity index (χ1v) is 4.27. The van der Waals surface area contributed by atoms with Gasteiger partial charge in [-0.05, 0) is 12.1 Å². The van der Waals surface area contributed by atoms with Crippen LogP contribution in [0, 0.1) is 0 Å². The van der Waals surface area contributed by atoms with Crippen LogP contribution in [0.25, 0.3) is 21.9 Å². The summed E-state index contributed by atoms with van der Waals surface area (Å²) in [5.74, 6) is -0.953. The van der Waals surface area contributed by atoms with E-state index >= 15 is 0 Å². The van der Waals surface area contributed by atoms with Crippen molar-refractivity contribution in [3.8, 4) is 11.8 Å². The van der Waals surface area contributed by atoms with E-state index in [2.05, 4.69) is 20.2 Å². The van der Waals surface area contributed by atoms with Crippen LogP contribution < -0.4 is 0 Å². The molecule has 3 N–H and O–H groups in total. The first kappa shape index (κ1) is 7.98. The van der Waals surface area contributed by atoms with Crippen molar-refractivity contribution in [1.29, 1.82) is 0 Å². The van der Waals surface area contributed by atoms with E-state index in [1.807, 2.05) is 6.07 Å². The van der Waals surface area contributed by atoms with Crippen molar-refractivity contribution in [2.24, 2.45) is 0 Å². The van der Waals surface area contributed by atoms with Crippen molar-refractivity contribution in [2.45, 2.75) is 0 Å². The van der Waals surface area contributed by atoms with Gasteiger partial charge in [0.15, 0.2) is 0 Å². The molecule has 0 atom stereocenters. The lowest BCUT2D eigenvalue weighted by molar-refractivity contribution is 0.378. The molecule has 2 aromatic heterocycles. The summed E-state index contributed by atoms with van der Waals surface area (Å²) < 4.78 is 0. The monoisotopic (exact) mass is 202 g/mol. The molecule has 0 aliphatic heterocycles. The van der Waals surface area contributed by atoms with E-state index < -0.39 is 11.8 Å². The summed E-state index contributed by atoms with van der Waals surface area (Å²) in [6.07, 6.45) is 1.65. The molecule has 6 heteroatoms. The van der Waals surface area contributed by atoms with E-state index in [0.717, 1.165) is 5.39 Å². The fraction of sp³-hybridized carbons (Fsp3) is 0. The summed E-state index contributed by atoms with van der Waals surface area (Å²) >= 11 is 0. The summed E-state index contributed by atoms with van der Waals surface area (Å²) in [6, 6.07) is 3.52. The van der Waals surface area contributed by atoms with Gasteiger partial charge in [-0.1, -0.05) is 0 Å². The SMILES string of the molecule is Oc1nc2ccc3cn[nH]c3c2nc1O. The van der Waals surface area contributed by atoms with E-state index in [1.165, 1.54) is 0 Å². The molecule has 0 unspecified atom stereocenters. The largest absolute Gasteiger partial charge is 0.489 e. The first-order chi connectivity index (χ1) is 7.25. The minimum Gasteiger partial charge on any atom is -0.489 e. The number of nitrogens with zero attached hydrogens (tertiary/aromatic N) is 3. The van der Waals surface area contributed by atoms with Gasteiger partial charge in [0.1, 0.15) is 5.52 Å². The highest BCUT2D eigenvalue weighted by Crippen LogP contribution is 2.26. The van der Waals surface area contributed by atoms with Gasteiger partial charge >= 0.3 is 0 Å². The molecule has 0 aliphatic carbocycles. The Bertz CT molecular complexity index is 662. The summed E-state index contributed by atoms with van der Waals surface area (Å²) in [7, 11) is 0. The van der Waals surface area contributed by atoms with Gasteiger partial charge in [-0.3, -0.25) is 5.10 Å². The Kier molecular flexibility index (Phi) is 1.37. The number of benzene rings is 1. The maximum absolute atomic E-state index is 9.26. The molecule has 0 spiro atoms. The molecule has 0 saturated heterocycles. The van der Waals surface area contributed by atoms with Gasteiger partial charge in [-0.15, -0.1) is 0 Å². The van der Waals surface area contributed by atoms with Crippen LogP contribution in [0.4, 0.5) is 0 Å². The predicted molar refractivity (Wildman–Crippen MR) is 52.5 cm³/mol. The zero-order valence-corrected chi connectivity index (χ0v) is 7.47. The van der Waals surface area contributed by atoms with Crippen molar-refractivity contribution in [2.75, 3.05) is 0 Å². The maximum Gasteiger partial charge on any atom is 0.276 e. The van der Waals surface area contributed by atoms with Crippen LogP contribution in [0.15, 0.2) is 18.3 Å². The number of rotatable bonds is 0. The van der Waals surface area contributed by atoms with E-state index in [9.17, 15) is 10.2 Å². The highest BCUT2D eigenvalue weighted by atomic mass is 16.3. The summed E-state index contributed by atoms with van der Waals surface area (Å²) in [4.78, 5) is 7.65. The predicted octanol–water partition coefficient (Wildman–Crippen LogP) is 0.917. The van der Waals surface area contributed by atoms with Crippen molar-refractivity contribution < 1.29 is 10.2 Å². The van der Waals surface area contributed by atoms with Crippen LogP contribution in [0.1, 0.15) is 0 Å². The molecule has 0 radical (unpaired) electrons. The quantitative estimate of drug-likeness (QED) is 0.503. The lowest BCUT2D eigenvalue weighted by atomic mass is 10.2. The molecule has 3 rings (SSSR count). The van der Waals surface area contributed by atoms with Gasteiger partial charge in [0.05, 0.1) is 17.2 Å². The van der Waals surface area contributed by atoms with Crippen molar-refractivity contribution in [3.63, 3.8) is 0 Å². The average molecular weight is 202 g/mol. The zero-order chi connectivity index (χ0) is 10.4. The minimum atomic E-state index is -0.482. The molecule has 0 aliphatic rings. The molecule has 15 heavy (non-hydrogen) atoms. The van der Waals surface area contributed by atoms with E-state index in [0.29, 0.717) is 16.6 Å². The van der Waals surface area contributed by atoms with Crippen LogP contribution in [0.3, 0.4) is 0 Å². The smallest absolute Gasteiger partial charge is 0.276 e. The lowest BCUT2D eigenvalue weighted by Gasteiger charge is -2.00. The lowest BCUT2D eigenvalue weighted by Crippen LogP contribution is -1.86. The molecule has 0 fully saturated rings. The second-order valence-electron chi connectivity index (χ2n) is 3.14. The Balaban J connectivity index is 2.57. The average Bonchev–Trinajstić information content (AvgIpc) is 2.68. The number of hydrogen-bond donors (Lipinski definition) is 3. The Morgan fingerprint density at radius 2 is 1.87 bits per heavy atom. The fourth-order valence-electron chi connectivity index (χ4n) is 1.51. The molecule has 0 amide bonds. The summed E-state index contributed by atoms with van der Waals surface area (Å²) in [6.45, 7) is 0. The third-order valence-electron chi connectivity index (χ3n) is 2.21. The highest BCUT2D eigenvalue weighted by molar-refractivity contribution is 6.01. The Morgan fingerprint density at radius 1 is 1.07 bits per heavy atom. The fourth-order valence-corrected chi connectivity index (χ4v) is 1.51. The van der Waals surface area contributed by atoms with Crippen LogP contribution in [0.2, 0.25) is 0 Å². The Morgan fingerprint density at radius 3 is 2.73 bits per heavy atom. The zero-order valence-electron chi connectivity index (χ0n) is 7.47. The van der Waals surface area contributed by atoms with Crippen LogP contribution in [-0.2, 0) is 0 Å². The van der Waals surface area contributed by atoms with Crippen LogP contribution in [0.5, 0.6) is 11.8 Å². The summed E-state index contributed by atoms with van der Waals surface area (Å²) in [5, 5.41) is 26.0. The standard InChI is InChI=1S/C9H6N4O2/c14-8-9(15)12-7-5(11-8)2-1-4-3-10-13-6(4)7/h1-3H,(H,10,13)(H,11,14)(H,12,15). The number of H-pyrrole nitrogens is 1. The normalized spacial score (nSPS) is 11.2. The third-order valence-corrected chi connectivity index (χ3v) is 2.21. The molecule has 2 heterocycles. The van der Waals surface area contributed by atoms with Crippen molar-refractivity contribution >= 4 is 21.9 Å². The van der Waals surface area contributed by atoms with Gasteiger partial charge < -0.3 is 10.2 Å². The van der Waals surface area contributed by atoms with Gasteiger partial charge in [0.2, 0.25) is 0 Å². The number of hydrogen-bond acceptors (Lipinski definition) is 5. The number of aromatic nitrogens is 4. The van der Waals surface area contributed by atoms with Gasteiger partial charge in [0, 0.05) is 5.39 Å². The highest BCUT2D eigenvalue weighted by Gasteiger charge is 2.09. The molecule has 0 bridgehead atoms. The summed E-state index contributed by atoms with van der Waals surface area (Å²) in [5.41, 5.74) is 1.68. The Labute approximate surface area is 83.2 Å². The topological polar surface area (TPSA) is 94.9 Å². The van der Waals surface area contributed by atoms with E-state index in [4.69, 9.17) is 0 Å². The number of aromatic hydroxyl groups is 2. The minimum absolute atomic E-state index is 0.471. The molecule has 6 nitrogen and oxygen atoms in total. The molecular formula is C9H6N4O2. The first-order valence-electron chi connectivity index (χ1n) is 4.27. The van der Waals surface area contributed by atoms with E-state index in [-0.39, 0.29) is 0 Å². The van der Waals surface area contributed by atoms with E-state index in [1.54, 1.807) is 12.3 Å².